The monoisotopic (exact) mass is 320 g/mol. The fourth-order valence-electron chi connectivity index (χ4n) is 3.66. The molecule has 1 amide bonds. The van der Waals surface area contributed by atoms with Gasteiger partial charge in [-0.05, 0) is 52.9 Å². The molecule has 0 aliphatic carbocycles. The molecule has 0 unspecified atom stereocenters. The summed E-state index contributed by atoms with van der Waals surface area (Å²) in [5.74, 6) is 0.0465. The normalized spacial score (nSPS) is 29.5. The van der Waals surface area contributed by atoms with Crippen LogP contribution >= 0.6 is 0 Å². The van der Waals surface area contributed by atoms with Crippen LogP contribution in [0.1, 0.15) is 52.9 Å². The van der Waals surface area contributed by atoms with Crippen LogP contribution in [0.15, 0.2) is 23.3 Å². The molecule has 1 spiro atoms. The molecule has 2 rings (SSSR count). The second-order valence-electron chi connectivity index (χ2n) is 7.43. The lowest BCUT2D eigenvalue weighted by Crippen LogP contribution is -2.61. The molecule has 0 aromatic heterocycles. The van der Waals surface area contributed by atoms with Gasteiger partial charge in [0.1, 0.15) is 0 Å². The van der Waals surface area contributed by atoms with E-state index >= 15 is 0 Å². The van der Waals surface area contributed by atoms with E-state index in [9.17, 15) is 9.90 Å². The molecule has 2 aliphatic heterocycles. The minimum atomic E-state index is -0.583. The molecule has 2 aliphatic rings. The summed E-state index contributed by atoms with van der Waals surface area (Å²) in [6.07, 6.45) is 8.71. The average Bonchev–Trinajstić information content (AvgIpc) is 2.51. The summed E-state index contributed by atoms with van der Waals surface area (Å²) in [6.45, 7) is 9.62. The lowest BCUT2D eigenvalue weighted by atomic mass is 9.71. The number of hydrogen-bond acceptors (Lipinski definition) is 3. The molecule has 2 N–H and O–H groups in total. The molecule has 23 heavy (non-hydrogen) atoms. The van der Waals surface area contributed by atoms with Crippen LogP contribution in [0.25, 0.3) is 0 Å². The van der Waals surface area contributed by atoms with Crippen molar-refractivity contribution in [2.75, 3.05) is 26.2 Å². The first-order valence-corrected chi connectivity index (χ1v) is 8.92. The van der Waals surface area contributed by atoms with Gasteiger partial charge >= 0.3 is 0 Å². The van der Waals surface area contributed by atoms with Gasteiger partial charge in [0.2, 0.25) is 5.91 Å². The highest BCUT2D eigenvalue weighted by Gasteiger charge is 2.49. The second-order valence-corrected chi connectivity index (χ2v) is 7.43. The van der Waals surface area contributed by atoms with E-state index in [1.807, 2.05) is 0 Å². The Labute approximate surface area is 140 Å². The number of allylic oxidation sites excluding steroid dienone is 3. The van der Waals surface area contributed by atoms with Crippen molar-refractivity contribution in [3.05, 3.63) is 23.3 Å². The highest BCUT2D eigenvalue weighted by molar-refractivity contribution is 5.84. The Morgan fingerprint density at radius 1 is 1.39 bits per heavy atom. The number of nitrogens with one attached hydrogen (secondary N) is 1. The Morgan fingerprint density at radius 2 is 2.17 bits per heavy atom. The number of carbonyl (C=O) groups is 1. The zero-order valence-corrected chi connectivity index (χ0v) is 14.9. The van der Waals surface area contributed by atoms with Crippen molar-refractivity contribution in [3.8, 4) is 0 Å². The third-order valence-electron chi connectivity index (χ3n) is 5.19. The molecule has 4 nitrogen and oxygen atoms in total. The number of amides is 1. The first-order valence-electron chi connectivity index (χ1n) is 8.92. The minimum absolute atomic E-state index is 0.0465. The summed E-state index contributed by atoms with van der Waals surface area (Å²) in [5, 5.41) is 13.4. The maximum atomic E-state index is 12.4. The molecule has 0 radical (unpaired) electrons. The fourth-order valence-corrected chi connectivity index (χ4v) is 3.66. The molecule has 2 saturated heterocycles. The molecular weight excluding hydrogens is 288 g/mol. The number of rotatable bonds is 5. The van der Waals surface area contributed by atoms with Crippen LogP contribution < -0.4 is 5.32 Å². The number of likely N-dealkylation sites (tertiary alicyclic amines) is 1. The molecule has 0 aromatic carbocycles. The third kappa shape index (κ3) is 4.67. The van der Waals surface area contributed by atoms with Gasteiger partial charge in [0.05, 0.1) is 11.5 Å². The first-order chi connectivity index (χ1) is 10.9. The van der Waals surface area contributed by atoms with E-state index in [4.69, 9.17) is 0 Å². The SMILES string of the molecule is CC(C)=CCCC(C)=CCN1CC[C@H](O)[C@@]2(CCCNC2=O)C1. The van der Waals surface area contributed by atoms with Crippen molar-refractivity contribution in [2.24, 2.45) is 5.41 Å². The van der Waals surface area contributed by atoms with E-state index in [1.54, 1.807) is 0 Å². The van der Waals surface area contributed by atoms with Crippen LogP contribution in [0.5, 0.6) is 0 Å². The summed E-state index contributed by atoms with van der Waals surface area (Å²) in [6, 6.07) is 0. The van der Waals surface area contributed by atoms with Crippen LogP contribution in [0.3, 0.4) is 0 Å². The predicted octanol–water partition coefficient (Wildman–Crippen LogP) is 2.64. The Morgan fingerprint density at radius 3 is 2.87 bits per heavy atom. The van der Waals surface area contributed by atoms with Crippen LogP contribution in [0.2, 0.25) is 0 Å². The van der Waals surface area contributed by atoms with Crippen LogP contribution in [-0.2, 0) is 4.79 Å². The quantitative estimate of drug-likeness (QED) is 0.766. The van der Waals surface area contributed by atoms with Gasteiger partial charge in [-0.3, -0.25) is 9.69 Å². The maximum Gasteiger partial charge on any atom is 0.230 e. The lowest BCUT2D eigenvalue weighted by molar-refractivity contribution is -0.148. The van der Waals surface area contributed by atoms with E-state index in [1.165, 1.54) is 11.1 Å². The Balaban J connectivity index is 1.91. The number of hydrogen-bond donors (Lipinski definition) is 2. The maximum absolute atomic E-state index is 12.4. The van der Waals surface area contributed by atoms with Gasteiger partial charge in [-0.2, -0.15) is 0 Å². The summed E-state index contributed by atoms with van der Waals surface area (Å²) in [7, 11) is 0. The van der Waals surface area contributed by atoms with Crippen molar-refractivity contribution < 1.29 is 9.90 Å². The predicted molar refractivity (Wildman–Crippen MR) is 94.2 cm³/mol. The zero-order valence-electron chi connectivity index (χ0n) is 14.9. The molecular formula is C19H32N2O2. The minimum Gasteiger partial charge on any atom is -0.392 e. The number of aliphatic hydroxyl groups is 1. The van der Waals surface area contributed by atoms with Crippen molar-refractivity contribution >= 4 is 5.91 Å². The highest BCUT2D eigenvalue weighted by Crippen LogP contribution is 2.37. The van der Waals surface area contributed by atoms with Crippen LogP contribution in [0.4, 0.5) is 0 Å². The van der Waals surface area contributed by atoms with Gasteiger partial charge in [0.25, 0.3) is 0 Å². The molecule has 0 bridgehead atoms. The van der Waals surface area contributed by atoms with E-state index < -0.39 is 11.5 Å². The molecule has 0 aromatic rings. The van der Waals surface area contributed by atoms with E-state index in [0.29, 0.717) is 13.0 Å². The van der Waals surface area contributed by atoms with Crippen molar-refractivity contribution in [3.63, 3.8) is 0 Å². The molecule has 0 saturated carbocycles. The molecule has 4 heteroatoms. The van der Waals surface area contributed by atoms with Crippen molar-refractivity contribution in [1.82, 2.24) is 10.2 Å². The van der Waals surface area contributed by atoms with Gasteiger partial charge in [0.15, 0.2) is 0 Å². The van der Waals surface area contributed by atoms with Gasteiger partial charge in [-0.25, -0.2) is 0 Å². The van der Waals surface area contributed by atoms with E-state index in [0.717, 1.165) is 45.3 Å². The van der Waals surface area contributed by atoms with Crippen molar-refractivity contribution in [2.45, 2.75) is 59.0 Å². The number of aliphatic hydroxyl groups excluding tert-OH is 1. The van der Waals surface area contributed by atoms with Crippen LogP contribution in [-0.4, -0.2) is 48.2 Å². The summed E-state index contributed by atoms with van der Waals surface area (Å²) in [4.78, 5) is 14.7. The smallest absolute Gasteiger partial charge is 0.230 e. The van der Waals surface area contributed by atoms with Gasteiger partial charge < -0.3 is 10.4 Å². The number of carbonyl (C=O) groups excluding carboxylic acids is 1. The van der Waals surface area contributed by atoms with Crippen LogP contribution in [0, 0.1) is 5.41 Å². The van der Waals surface area contributed by atoms with E-state index in [-0.39, 0.29) is 5.91 Å². The van der Waals surface area contributed by atoms with Crippen molar-refractivity contribution in [1.29, 1.82) is 0 Å². The zero-order chi connectivity index (χ0) is 16.9. The Hall–Kier alpha value is -1.13. The molecule has 2 heterocycles. The summed E-state index contributed by atoms with van der Waals surface area (Å²) >= 11 is 0. The molecule has 130 valence electrons. The van der Waals surface area contributed by atoms with Gasteiger partial charge in [-0.15, -0.1) is 0 Å². The largest absolute Gasteiger partial charge is 0.392 e. The highest BCUT2D eigenvalue weighted by atomic mass is 16.3. The third-order valence-corrected chi connectivity index (χ3v) is 5.19. The second kappa shape index (κ2) is 8.11. The van der Waals surface area contributed by atoms with Gasteiger partial charge in [0, 0.05) is 26.2 Å². The summed E-state index contributed by atoms with van der Waals surface area (Å²) < 4.78 is 0. The lowest BCUT2D eigenvalue weighted by Gasteiger charge is -2.46. The molecule has 2 fully saturated rings. The fraction of sp³-hybridized carbons (Fsp3) is 0.737. The molecule has 2 atom stereocenters. The topological polar surface area (TPSA) is 52.6 Å². The number of piperidine rings is 2. The number of nitrogens with zero attached hydrogens (tertiary/aromatic N) is 1. The standard InChI is InChI=1S/C19H32N2O2/c1-15(2)6-4-7-16(3)8-12-21-13-9-17(22)19(14-21)10-5-11-20-18(19)23/h6,8,17,22H,4-5,7,9-14H2,1-3H3,(H,20,23)/t17-,19+/m0/s1. The average molecular weight is 320 g/mol. The first kappa shape index (κ1) is 18.2. The van der Waals surface area contributed by atoms with E-state index in [2.05, 4.69) is 43.1 Å². The Bertz CT molecular complexity index is 480. The Kier molecular flexibility index (Phi) is 6.42. The van der Waals surface area contributed by atoms with Gasteiger partial charge in [-0.1, -0.05) is 23.3 Å². The summed E-state index contributed by atoms with van der Waals surface area (Å²) in [5.41, 5.74) is 2.18.